The van der Waals surface area contributed by atoms with E-state index in [-0.39, 0.29) is 5.91 Å². The maximum Gasteiger partial charge on any atom is 0.240 e. The number of amides is 1. The van der Waals surface area contributed by atoms with Gasteiger partial charge in [-0.3, -0.25) is 4.79 Å². The number of carbonyl (C=O) groups excluding carboxylic acids is 1. The highest BCUT2D eigenvalue weighted by Crippen LogP contribution is 2.16. The molecular formula is C17H22N2O. The fourth-order valence-electron chi connectivity index (χ4n) is 2.37. The zero-order valence-corrected chi connectivity index (χ0v) is 12.1. The first kappa shape index (κ1) is 14.5. The van der Waals surface area contributed by atoms with Gasteiger partial charge in [-0.05, 0) is 35.7 Å². The van der Waals surface area contributed by atoms with Crippen LogP contribution in [0.1, 0.15) is 32.3 Å². The molecule has 1 unspecified atom stereocenters. The normalized spacial score (nSPS) is 13.9. The molecule has 0 bridgehead atoms. The van der Waals surface area contributed by atoms with Gasteiger partial charge in [-0.25, -0.2) is 0 Å². The van der Waals surface area contributed by atoms with Crippen molar-refractivity contribution in [2.24, 2.45) is 5.73 Å². The van der Waals surface area contributed by atoms with Crippen molar-refractivity contribution in [2.45, 2.75) is 38.8 Å². The predicted molar refractivity (Wildman–Crippen MR) is 83.3 cm³/mol. The van der Waals surface area contributed by atoms with Gasteiger partial charge in [0.15, 0.2) is 0 Å². The summed E-state index contributed by atoms with van der Waals surface area (Å²) in [5, 5.41) is 5.31. The van der Waals surface area contributed by atoms with Gasteiger partial charge in [-0.15, -0.1) is 0 Å². The predicted octanol–water partition coefficient (Wildman–Crippen LogP) is 2.97. The minimum Gasteiger partial charge on any atom is -0.350 e. The van der Waals surface area contributed by atoms with Crippen LogP contribution in [0.4, 0.5) is 0 Å². The molecule has 0 saturated heterocycles. The molecule has 0 spiro atoms. The monoisotopic (exact) mass is 270 g/mol. The van der Waals surface area contributed by atoms with E-state index in [9.17, 15) is 4.79 Å². The van der Waals surface area contributed by atoms with Crippen molar-refractivity contribution < 1.29 is 4.79 Å². The molecule has 0 saturated carbocycles. The first-order valence-electron chi connectivity index (χ1n) is 7.08. The molecule has 1 amide bonds. The second kappa shape index (κ2) is 6.06. The summed E-state index contributed by atoms with van der Waals surface area (Å²) in [5.74, 6) is -0.0903. The van der Waals surface area contributed by atoms with Crippen molar-refractivity contribution in [1.82, 2.24) is 5.32 Å². The number of hydrogen-bond acceptors (Lipinski definition) is 2. The molecule has 0 fully saturated rings. The third kappa shape index (κ3) is 3.36. The van der Waals surface area contributed by atoms with Crippen molar-refractivity contribution in [3.63, 3.8) is 0 Å². The summed E-state index contributed by atoms with van der Waals surface area (Å²) in [6.45, 7) is 4.33. The second-order valence-electron chi connectivity index (χ2n) is 5.53. The van der Waals surface area contributed by atoms with Gasteiger partial charge in [0.2, 0.25) is 5.91 Å². The lowest BCUT2D eigenvalue weighted by molar-refractivity contribution is -0.126. The van der Waals surface area contributed by atoms with E-state index < -0.39 is 5.54 Å². The lowest BCUT2D eigenvalue weighted by atomic mass is 9.96. The SMILES string of the molecule is CCCC(C)(N)C(=O)NCc1ccc2ccccc2c1. The molecule has 3 heteroatoms. The topological polar surface area (TPSA) is 55.1 Å². The van der Waals surface area contributed by atoms with Crippen molar-refractivity contribution >= 4 is 16.7 Å². The molecule has 2 aromatic carbocycles. The Bertz CT molecular complexity index is 605. The van der Waals surface area contributed by atoms with Crippen LogP contribution in [0.2, 0.25) is 0 Å². The third-order valence-corrected chi connectivity index (χ3v) is 3.55. The van der Waals surface area contributed by atoms with Gasteiger partial charge >= 0.3 is 0 Å². The quantitative estimate of drug-likeness (QED) is 0.877. The molecule has 0 heterocycles. The summed E-state index contributed by atoms with van der Waals surface area (Å²) in [6.07, 6.45) is 1.59. The van der Waals surface area contributed by atoms with Gasteiger partial charge in [-0.1, -0.05) is 49.7 Å². The summed E-state index contributed by atoms with van der Waals surface area (Å²) in [5.41, 5.74) is 6.31. The number of hydrogen-bond donors (Lipinski definition) is 2. The average molecular weight is 270 g/mol. The molecule has 0 aliphatic heterocycles. The maximum absolute atomic E-state index is 12.1. The second-order valence-corrected chi connectivity index (χ2v) is 5.53. The maximum atomic E-state index is 12.1. The zero-order chi connectivity index (χ0) is 14.6. The van der Waals surface area contributed by atoms with Crippen molar-refractivity contribution in [1.29, 1.82) is 0 Å². The van der Waals surface area contributed by atoms with Crippen molar-refractivity contribution in [3.05, 3.63) is 48.0 Å². The molecule has 3 nitrogen and oxygen atoms in total. The van der Waals surface area contributed by atoms with Gasteiger partial charge in [0.1, 0.15) is 0 Å². The summed E-state index contributed by atoms with van der Waals surface area (Å²) in [7, 11) is 0. The lowest BCUT2D eigenvalue weighted by Gasteiger charge is -2.22. The van der Waals surface area contributed by atoms with E-state index in [0.717, 1.165) is 12.0 Å². The molecule has 0 radical (unpaired) electrons. The van der Waals surface area contributed by atoms with E-state index >= 15 is 0 Å². The molecule has 106 valence electrons. The lowest BCUT2D eigenvalue weighted by Crippen LogP contribution is -2.51. The van der Waals surface area contributed by atoms with Crippen LogP contribution in [0, 0.1) is 0 Å². The smallest absolute Gasteiger partial charge is 0.240 e. The Kier molecular flexibility index (Phi) is 4.40. The summed E-state index contributed by atoms with van der Waals surface area (Å²) < 4.78 is 0. The third-order valence-electron chi connectivity index (χ3n) is 3.55. The minimum absolute atomic E-state index is 0.0903. The fourth-order valence-corrected chi connectivity index (χ4v) is 2.37. The molecule has 20 heavy (non-hydrogen) atoms. The highest BCUT2D eigenvalue weighted by molar-refractivity contribution is 5.86. The number of nitrogens with two attached hydrogens (primary N) is 1. The molecular weight excluding hydrogens is 248 g/mol. The van der Waals surface area contributed by atoms with Gasteiger partial charge in [0.05, 0.1) is 5.54 Å². The summed E-state index contributed by atoms with van der Waals surface area (Å²) in [4.78, 5) is 12.1. The molecule has 0 aromatic heterocycles. The Morgan fingerprint density at radius 2 is 1.90 bits per heavy atom. The average Bonchev–Trinajstić information content (AvgIpc) is 2.44. The fraction of sp³-hybridized carbons (Fsp3) is 0.353. The Labute approximate surface area is 120 Å². The summed E-state index contributed by atoms with van der Waals surface area (Å²) in [6, 6.07) is 14.4. The molecule has 2 rings (SSSR count). The number of rotatable bonds is 5. The number of carbonyl (C=O) groups is 1. The van der Waals surface area contributed by atoms with Crippen LogP contribution >= 0.6 is 0 Å². The van der Waals surface area contributed by atoms with Gasteiger partial charge in [0, 0.05) is 6.54 Å². The van der Waals surface area contributed by atoms with Crippen molar-refractivity contribution in [2.75, 3.05) is 0 Å². The Balaban J connectivity index is 2.04. The van der Waals surface area contributed by atoms with Crippen LogP contribution in [0.3, 0.4) is 0 Å². The van der Waals surface area contributed by atoms with Crippen LogP contribution in [-0.4, -0.2) is 11.4 Å². The standard InChI is InChI=1S/C17H22N2O/c1-3-10-17(2,18)16(20)19-12-13-8-9-14-6-4-5-7-15(14)11-13/h4-9,11H,3,10,12,18H2,1-2H3,(H,19,20). The van der Waals surface area contributed by atoms with Crippen LogP contribution < -0.4 is 11.1 Å². The van der Waals surface area contributed by atoms with E-state index in [0.29, 0.717) is 13.0 Å². The summed E-state index contributed by atoms with van der Waals surface area (Å²) >= 11 is 0. The van der Waals surface area contributed by atoms with Crippen LogP contribution in [0.15, 0.2) is 42.5 Å². The largest absolute Gasteiger partial charge is 0.350 e. The molecule has 0 aliphatic rings. The number of fused-ring (bicyclic) bond motifs is 1. The van der Waals surface area contributed by atoms with E-state index in [1.54, 1.807) is 6.92 Å². The Morgan fingerprint density at radius 3 is 2.60 bits per heavy atom. The first-order chi connectivity index (χ1) is 9.53. The number of nitrogens with one attached hydrogen (secondary N) is 1. The molecule has 3 N–H and O–H groups in total. The van der Waals surface area contributed by atoms with E-state index in [1.165, 1.54) is 10.8 Å². The first-order valence-corrected chi connectivity index (χ1v) is 7.08. The highest BCUT2D eigenvalue weighted by atomic mass is 16.2. The molecule has 2 aromatic rings. The van der Waals surface area contributed by atoms with Gasteiger partial charge in [0.25, 0.3) is 0 Å². The van der Waals surface area contributed by atoms with Gasteiger partial charge < -0.3 is 11.1 Å². The van der Waals surface area contributed by atoms with Gasteiger partial charge in [-0.2, -0.15) is 0 Å². The van der Waals surface area contributed by atoms with Crippen molar-refractivity contribution in [3.8, 4) is 0 Å². The van der Waals surface area contributed by atoms with Crippen LogP contribution in [0.25, 0.3) is 10.8 Å². The minimum atomic E-state index is -0.786. The number of benzene rings is 2. The van der Waals surface area contributed by atoms with Crippen LogP contribution in [0.5, 0.6) is 0 Å². The molecule has 1 atom stereocenters. The Morgan fingerprint density at radius 1 is 1.20 bits per heavy atom. The molecule has 0 aliphatic carbocycles. The Hall–Kier alpha value is -1.87. The highest BCUT2D eigenvalue weighted by Gasteiger charge is 2.26. The van der Waals surface area contributed by atoms with E-state index in [2.05, 4.69) is 29.6 Å². The van der Waals surface area contributed by atoms with Crippen LogP contribution in [-0.2, 0) is 11.3 Å². The van der Waals surface area contributed by atoms with E-state index in [1.807, 2.05) is 25.1 Å². The van der Waals surface area contributed by atoms with E-state index in [4.69, 9.17) is 5.73 Å². The zero-order valence-electron chi connectivity index (χ0n) is 12.1.